The SMILES string of the molecule is CCC(=O)Nc1ccc(S(=O)(=O)N2CCc3ccccc3[C@H]2CC(=O)N2CCCCC2)cc1. The Morgan fingerprint density at radius 2 is 1.67 bits per heavy atom. The molecule has 7 nitrogen and oxygen atoms in total. The van der Waals surface area contributed by atoms with E-state index in [0.717, 1.165) is 43.5 Å². The highest BCUT2D eigenvalue weighted by atomic mass is 32.2. The van der Waals surface area contributed by atoms with E-state index in [4.69, 9.17) is 0 Å². The molecule has 2 aliphatic heterocycles. The van der Waals surface area contributed by atoms with Crippen LogP contribution in [0.2, 0.25) is 0 Å². The molecule has 2 aliphatic rings. The summed E-state index contributed by atoms with van der Waals surface area (Å²) in [5, 5.41) is 2.74. The van der Waals surface area contributed by atoms with Crippen LogP contribution in [-0.2, 0) is 26.0 Å². The smallest absolute Gasteiger partial charge is 0.243 e. The van der Waals surface area contributed by atoms with Gasteiger partial charge >= 0.3 is 0 Å². The van der Waals surface area contributed by atoms with Crippen LogP contribution in [0.1, 0.15) is 56.2 Å². The minimum atomic E-state index is -3.83. The minimum absolute atomic E-state index is 0.00855. The van der Waals surface area contributed by atoms with Gasteiger partial charge in [-0.2, -0.15) is 4.31 Å². The van der Waals surface area contributed by atoms with Crippen LogP contribution in [0.15, 0.2) is 53.4 Å². The molecule has 0 saturated carbocycles. The summed E-state index contributed by atoms with van der Waals surface area (Å²) in [5.74, 6) is -0.122. The summed E-state index contributed by atoms with van der Waals surface area (Å²) in [6.45, 7) is 3.56. The zero-order valence-corrected chi connectivity index (χ0v) is 19.8. The fourth-order valence-corrected chi connectivity index (χ4v) is 6.27. The van der Waals surface area contributed by atoms with Crippen molar-refractivity contribution in [2.45, 2.75) is 56.4 Å². The molecule has 0 bridgehead atoms. The highest BCUT2D eigenvalue weighted by Gasteiger charge is 2.38. The number of fused-ring (bicyclic) bond motifs is 1. The van der Waals surface area contributed by atoms with E-state index in [2.05, 4.69) is 5.32 Å². The van der Waals surface area contributed by atoms with Gasteiger partial charge in [0, 0.05) is 38.2 Å². The summed E-state index contributed by atoms with van der Waals surface area (Å²) < 4.78 is 28.8. The van der Waals surface area contributed by atoms with Crippen molar-refractivity contribution in [3.63, 3.8) is 0 Å². The Kier molecular flexibility index (Phi) is 7.14. The number of rotatable bonds is 6. The molecule has 0 radical (unpaired) electrons. The monoisotopic (exact) mass is 469 g/mol. The summed E-state index contributed by atoms with van der Waals surface area (Å²) >= 11 is 0. The number of nitrogens with zero attached hydrogens (tertiary/aromatic N) is 2. The quantitative estimate of drug-likeness (QED) is 0.699. The van der Waals surface area contributed by atoms with Crippen LogP contribution in [0.25, 0.3) is 0 Å². The molecule has 0 aliphatic carbocycles. The number of carbonyl (C=O) groups is 2. The number of sulfonamides is 1. The summed E-state index contributed by atoms with van der Waals surface area (Å²) in [6.07, 6.45) is 4.21. The number of benzene rings is 2. The van der Waals surface area contributed by atoms with Crippen molar-refractivity contribution in [1.29, 1.82) is 0 Å². The number of hydrogen-bond donors (Lipinski definition) is 1. The van der Waals surface area contributed by atoms with E-state index in [1.165, 1.54) is 16.4 Å². The number of anilines is 1. The van der Waals surface area contributed by atoms with Crippen molar-refractivity contribution >= 4 is 27.5 Å². The number of likely N-dealkylation sites (tertiary alicyclic amines) is 1. The van der Waals surface area contributed by atoms with E-state index in [1.807, 2.05) is 29.2 Å². The summed E-state index contributed by atoms with van der Waals surface area (Å²) in [7, 11) is -3.83. The second-order valence-electron chi connectivity index (χ2n) is 8.65. The van der Waals surface area contributed by atoms with E-state index in [1.54, 1.807) is 19.1 Å². The van der Waals surface area contributed by atoms with Gasteiger partial charge in [-0.25, -0.2) is 8.42 Å². The van der Waals surface area contributed by atoms with Gasteiger partial charge in [-0.15, -0.1) is 0 Å². The normalized spacial score (nSPS) is 19.1. The summed E-state index contributed by atoms with van der Waals surface area (Å²) in [4.78, 5) is 26.8. The standard InChI is InChI=1S/C25H31N3O4S/c1-2-24(29)26-20-10-12-21(13-11-20)33(31,32)28-17-14-19-8-4-5-9-22(19)23(28)18-25(30)27-15-6-3-7-16-27/h4-5,8-13,23H,2-3,6-7,14-18H2,1H3,(H,26,29)/t23-/m1/s1. The molecule has 8 heteroatoms. The molecule has 4 rings (SSSR count). The maximum atomic E-state index is 13.7. The fraction of sp³-hybridized carbons (Fsp3) is 0.440. The van der Waals surface area contributed by atoms with Gasteiger partial charge in [0.15, 0.2) is 0 Å². The molecule has 1 saturated heterocycles. The first-order valence-electron chi connectivity index (χ1n) is 11.7. The van der Waals surface area contributed by atoms with Crippen molar-refractivity contribution < 1.29 is 18.0 Å². The van der Waals surface area contributed by atoms with E-state index in [9.17, 15) is 18.0 Å². The summed E-state index contributed by atoms with van der Waals surface area (Å²) in [6, 6.07) is 13.5. The average Bonchev–Trinajstić information content (AvgIpc) is 2.84. The van der Waals surface area contributed by atoms with Crippen molar-refractivity contribution in [3.05, 3.63) is 59.7 Å². The second-order valence-corrected chi connectivity index (χ2v) is 10.5. The molecule has 1 atom stereocenters. The van der Waals surface area contributed by atoms with Crippen LogP contribution in [0.4, 0.5) is 5.69 Å². The first-order valence-corrected chi connectivity index (χ1v) is 13.1. The van der Waals surface area contributed by atoms with Crippen LogP contribution in [0.5, 0.6) is 0 Å². The topological polar surface area (TPSA) is 86.8 Å². The van der Waals surface area contributed by atoms with Gasteiger partial charge in [-0.1, -0.05) is 31.2 Å². The third-order valence-corrected chi connectivity index (χ3v) is 8.43. The van der Waals surface area contributed by atoms with Crippen molar-refractivity contribution in [1.82, 2.24) is 9.21 Å². The molecule has 0 spiro atoms. The molecule has 0 aromatic heterocycles. The van der Waals surface area contributed by atoms with Gasteiger partial charge in [0.1, 0.15) is 0 Å². The van der Waals surface area contributed by atoms with E-state index in [0.29, 0.717) is 25.1 Å². The molecule has 2 aromatic rings. The first kappa shape index (κ1) is 23.4. The third kappa shape index (κ3) is 5.12. The van der Waals surface area contributed by atoms with Crippen LogP contribution in [-0.4, -0.2) is 49.1 Å². The average molecular weight is 470 g/mol. The minimum Gasteiger partial charge on any atom is -0.343 e. The number of piperidine rings is 1. The Balaban J connectivity index is 1.62. The van der Waals surface area contributed by atoms with Crippen molar-refractivity contribution in [2.75, 3.05) is 25.0 Å². The highest BCUT2D eigenvalue weighted by Crippen LogP contribution is 2.37. The molecular formula is C25H31N3O4S. The number of nitrogens with one attached hydrogen (secondary N) is 1. The van der Waals surface area contributed by atoms with Gasteiger partial charge in [0.05, 0.1) is 10.9 Å². The Labute approximate surface area is 195 Å². The molecule has 33 heavy (non-hydrogen) atoms. The number of carbonyl (C=O) groups excluding carboxylic acids is 2. The van der Waals surface area contributed by atoms with E-state index >= 15 is 0 Å². The van der Waals surface area contributed by atoms with Crippen LogP contribution in [0, 0.1) is 0 Å². The Morgan fingerprint density at radius 1 is 0.970 bits per heavy atom. The van der Waals surface area contributed by atoms with Crippen molar-refractivity contribution in [2.24, 2.45) is 0 Å². The van der Waals surface area contributed by atoms with Gasteiger partial charge in [0.25, 0.3) is 0 Å². The van der Waals surface area contributed by atoms with Gasteiger partial charge < -0.3 is 10.2 Å². The number of hydrogen-bond acceptors (Lipinski definition) is 4. The van der Waals surface area contributed by atoms with Gasteiger partial charge in [-0.05, 0) is 61.1 Å². The lowest BCUT2D eigenvalue weighted by Crippen LogP contribution is -2.43. The molecule has 2 aromatic carbocycles. The molecule has 0 unspecified atom stereocenters. The van der Waals surface area contributed by atoms with Crippen LogP contribution < -0.4 is 5.32 Å². The fourth-order valence-electron chi connectivity index (χ4n) is 4.66. The molecule has 2 amide bonds. The Hall–Kier alpha value is -2.71. The Morgan fingerprint density at radius 3 is 2.36 bits per heavy atom. The molecule has 1 N–H and O–H groups in total. The zero-order valence-electron chi connectivity index (χ0n) is 19.0. The number of amides is 2. The zero-order chi connectivity index (χ0) is 23.4. The van der Waals surface area contributed by atoms with E-state index < -0.39 is 16.1 Å². The molecule has 1 fully saturated rings. The lowest BCUT2D eigenvalue weighted by atomic mass is 9.92. The van der Waals surface area contributed by atoms with Crippen molar-refractivity contribution in [3.8, 4) is 0 Å². The highest BCUT2D eigenvalue weighted by molar-refractivity contribution is 7.89. The second kappa shape index (κ2) is 10.1. The van der Waals surface area contributed by atoms with Crippen LogP contribution >= 0.6 is 0 Å². The Bertz CT molecular complexity index is 1110. The van der Waals surface area contributed by atoms with Crippen LogP contribution in [0.3, 0.4) is 0 Å². The maximum Gasteiger partial charge on any atom is 0.243 e. The predicted molar refractivity (Wildman–Crippen MR) is 127 cm³/mol. The largest absolute Gasteiger partial charge is 0.343 e. The summed E-state index contributed by atoms with van der Waals surface area (Å²) in [5.41, 5.74) is 2.56. The first-order chi connectivity index (χ1) is 15.9. The lowest BCUT2D eigenvalue weighted by molar-refractivity contribution is -0.133. The lowest BCUT2D eigenvalue weighted by Gasteiger charge is -2.37. The predicted octanol–water partition coefficient (Wildman–Crippen LogP) is 3.73. The third-order valence-electron chi connectivity index (χ3n) is 6.51. The molecular weight excluding hydrogens is 438 g/mol. The van der Waals surface area contributed by atoms with Gasteiger partial charge in [0.2, 0.25) is 21.8 Å². The molecule has 176 valence electrons. The maximum absolute atomic E-state index is 13.7. The van der Waals surface area contributed by atoms with Gasteiger partial charge in [-0.3, -0.25) is 9.59 Å². The molecule has 2 heterocycles. The van der Waals surface area contributed by atoms with E-state index in [-0.39, 0.29) is 23.1 Å².